The van der Waals surface area contributed by atoms with E-state index in [1.807, 2.05) is 25.2 Å². The van der Waals surface area contributed by atoms with Crippen molar-refractivity contribution in [2.45, 2.75) is 18.3 Å². The van der Waals surface area contributed by atoms with Gasteiger partial charge in [0.1, 0.15) is 0 Å². The van der Waals surface area contributed by atoms with Gasteiger partial charge in [0.05, 0.1) is 11.2 Å². The summed E-state index contributed by atoms with van der Waals surface area (Å²) < 4.78 is 0. The van der Waals surface area contributed by atoms with Crippen LogP contribution in [0.5, 0.6) is 0 Å². The third-order valence-corrected chi connectivity index (χ3v) is 3.41. The highest BCUT2D eigenvalue weighted by atomic mass is 15.1. The minimum atomic E-state index is 0.256. The van der Waals surface area contributed by atoms with Gasteiger partial charge in [-0.2, -0.15) is 10.2 Å². The monoisotopic (exact) mass is 213 g/mol. The van der Waals surface area contributed by atoms with Gasteiger partial charge in [-0.15, -0.1) is 0 Å². The van der Waals surface area contributed by atoms with E-state index in [-0.39, 0.29) is 5.41 Å². The van der Waals surface area contributed by atoms with Crippen molar-refractivity contribution in [1.29, 1.82) is 0 Å². The molecule has 0 spiro atoms. The first-order valence-electron chi connectivity index (χ1n) is 5.72. The first-order valence-corrected chi connectivity index (χ1v) is 5.72. The molecule has 1 saturated carbocycles. The summed E-state index contributed by atoms with van der Waals surface area (Å²) in [6, 6.07) is 10.3. The molecule has 1 aliphatic rings. The molecule has 3 nitrogen and oxygen atoms in total. The molecule has 1 aliphatic carbocycles. The molecule has 0 bridgehead atoms. The molecule has 1 fully saturated rings. The fourth-order valence-corrected chi connectivity index (χ4v) is 2.26. The first-order chi connectivity index (χ1) is 7.84. The van der Waals surface area contributed by atoms with Crippen LogP contribution in [0.1, 0.15) is 18.5 Å². The first kappa shape index (κ1) is 9.73. The largest absolute Gasteiger partial charge is 0.319 e. The quantitative estimate of drug-likeness (QED) is 0.846. The van der Waals surface area contributed by atoms with Crippen LogP contribution in [0.4, 0.5) is 0 Å². The summed E-state index contributed by atoms with van der Waals surface area (Å²) in [4.78, 5) is 0. The Labute approximate surface area is 94.9 Å². The normalized spacial score (nSPS) is 17.6. The Balaban J connectivity index is 2.05. The predicted octanol–water partition coefficient (Wildman–Crippen LogP) is 1.88. The second-order valence-electron chi connectivity index (χ2n) is 4.60. The molecule has 3 heteroatoms. The van der Waals surface area contributed by atoms with E-state index >= 15 is 0 Å². The number of hydrogen-bond donors (Lipinski definition) is 1. The molecule has 0 aliphatic heterocycles. The Morgan fingerprint density at radius 1 is 1.25 bits per heavy atom. The van der Waals surface area contributed by atoms with Crippen molar-refractivity contribution in [2.75, 3.05) is 13.6 Å². The van der Waals surface area contributed by atoms with Gasteiger partial charge >= 0.3 is 0 Å². The molecule has 1 N–H and O–H groups in total. The number of aromatic nitrogens is 2. The zero-order valence-corrected chi connectivity index (χ0v) is 9.40. The molecular weight excluding hydrogens is 198 g/mol. The van der Waals surface area contributed by atoms with E-state index in [0.29, 0.717) is 0 Å². The van der Waals surface area contributed by atoms with Crippen LogP contribution in [0, 0.1) is 0 Å². The number of fused-ring (bicyclic) bond motifs is 1. The van der Waals surface area contributed by atoms with Gasteiger partial charge in [-0.25, -0.2) is 0 Å². The molecule has 1 aromatic heterocycles. The zero-order valence-electron chi connectivity index (χ0n) is 9.40. The Bertz CT molecular complexity index is 517. The molecule has 16 heavy (non-hydrogen) atoms. The predicted molar refractivity (Wildman–Crippen MR) is 64.4 cm³/mol. The van der Waals surface area contributed by atoms with Crippen molar-refractivity contribution in [3.05, 3.63) is 36.0 Å². The van der Waals surface area contributed by atoms with Crippen molar-refractivity contribution in [3.8, 4) is 0 Å². The number of likely N-dealkylation sites (N-methyl/N-ethyl adjacent to an activating group) is 1. The lowest BCUT2D eigenvalue weighted by Crippen LogP contribution is -2.24. The highest BCUT2D eigenvalue weighted by Gasteiger charge is 2.45. The lowest BCUT2D eigenvalue weighted by molar-refractivity contribution is 0.600. The van der Waals surface area contributed by atoms with Gasteiger partial charge < -0.3 is 5.32 Å². The van der Waals surface area contributed by atoms with Crippen LogP contribution < -0.4 is 5.32 Å². The summed E-state index contributed by atoms with van der Waals surface area (Å²) in [7, 11) is 1.99. The van der Waals surface area contributed by atoms with Crippen LogP contribution in [0.2, 0.25) is 0 Å². The minimum Gasteiger partial charge on any atom is -0.319 e. The number of rotatable bonds is 3. The summed E-state index contributed by atoms with van der Waals surface area (Å²) in [5.41, 5.74) is 2.37. The fraction of sp³-hybridized carbons (Fsp3) is 0.385. The smallest absolute Gasteiger partial charge is 0.0929 e. The molecule has 82 valence electrons. The van der Waals surface area contributed by atoms with Crippen LogP contribution in [0.15, 0.2) is 30.3 Å². The molecule has 0 unspecified atom stereocenters. The number of nitrogens with one attached hydrogen (secondary N) is 1. The average Bonchev–Trinajstić information content (AvgIpc) is 3.10. The highest BCUT2D eigenvalue weighted by Crippen LogP contribution is 2.46. The fourth-order valence-electron chi connectivity index (χ4n) is 2.26. The third-order valence-electron chi connectivity index (χ3n) is 3.41. The van der Waals surface area contributed by atoms with Crippen molar-refractivity contribution < 1.29 is 0 Å². The van der Waals surface area contributed by atoms with Gasteiger partial charge in [-0.1, -0.05) is 18.2 Å². The van der Waals surface area contributed by atoms with E-state index in [1.54, 1.807) is 0 Å². The van der Waals surface area contributed by atoms with Crippen molar-refractivity contribution >= 4 is 10.9 Å². The van der Waals surface area contributed by atoms with E-state index in [2.05, 4.69) is 27.6 Å². The van der Waals surface area contributed by atoms with Crippen molar-refractivity contribution in [1.82, 2.24) is 15.5 Å². The summed E-state index contributed by atoms with van der Waals surface area (Å²) in [5, 5.41) is 13.1. The molecule has 1 aromatic carbocycles. The Morgan fingerprint density at radius 3 is 2.81 bits per heavy atom. The Kier molecular flexibility index (Phi) is 2.14. The molecule has 0 amide bonds. The molecule has 1 heterocycles. The van der Waals surface area contributed by atoms with E-state index in [9.17, 15) is 0 Å². The van der Waals surface area contributed by atoms with Crippen LogP contribution in [-0.4, -0.2) is 23.8 Å². The Hall–Kier alpha value is -1.48. The Morgan fingerprint density at radius 2 is 2.06 bits per heavy atom. The molecule has 0 saturated heterocycles. The van der Waals surface area contributed by atoms with Crippen molar-refractivity contribution in [2.24, 2.45) is 0 Å². The topological polar surface area (TPSA) is 37.8 Å². The van der Waals surface area contributed by atoms with Gasteiger partial charge in [0.25, 0.3) is 0 Å². The third kappa shape index (κ3) is 1.48. The van der Waals surface area contributed by atoms with Gasteiger partial charge in [-0.05, 0) is 32.0 Å². The maximum absolute atomic E-state index is 4.37. The summed E-state index contributed by atoms with van der Waals surface area (Å²) in [6.07, 6.45) is 2.45. The summed E-state index contributed by atoms with van der Waals surface area (Å²) in [5.74, 6) is 0. The molecule has 0 radical (unpaired) electrons. The number of nitrogens with zero attached hydrogens (tertiary/aromatic N) is 2. The van der Waals surface area contributed by atoms with E-state index in [0.717, 1.165) is 17.8 Å². The highest BCUT2D eigenvalue weighted by molar-refractivity contribution is 5.78. The second kappa shape index (κ2) is 3.52. The van der Waals surface area contributed by atoms with Gasteiger partial charge in [-0.3, -0.25) is 0 Å². The molecular formula is C13H15N3. The van der Waals surface area contributed by atoms with E-state index < -0.39 is 0 Å². The maximum Gasteiger partial charge on any atom is 0.0929 e. The van der Waals surface area contributed by atoms with E-state index in [4.69, 9.17) is 0 Å². The minimum absolute atomic E-state index is 0.256. The number of hydrogen-bond acceptors (Lipinski definition) is 3. The maximum atomic E-state index is 4.37. The summed E-state index contributed by atoms with van der Waals surface area (Å²) >= 11 is 0. The molecule has 3 rings (SSSR count). The molecule has 0 atom stereocenters. The average molecular weight is 213 g/mol. The van der Waals surface area contributed by atoms with Gasteiger partial charge in [0.15, 0.2) is 0 Å². The van der Waals surface area contributed by atoms with Gasteiger partial charge in [0, 0.05) is 17.3 Å². The zero-order chi connectivity index (χ0) is 11.0. The second-order valence-corrected chi connectivity index (χ2v) is 4.60. The van der Waals surface area contributed by atoms with Crippen LogP contribution in [0.3, 0.4) is 0 Å². The van der Waals surface area contributed by atoms with Gasteiger partial charge in [0.2, 0.25) is 0 Å². The van der Waals surface area contributed by atoms with Crippen LogP contribution in [-0.2, 0) is 5.41 Å². The van der Waals surface area contributed by atoms with Crippen LogP contribution >= 0.6 is 0 Å². The van der Waals surface area contributed by atoms with Crippen molar-refractivity contribution in [3.63, 3.8) is 0 Å². The SMILES string of the molecule is CNCC1(c2cc3ccccc3nn2)CC1. The lowest BCUT2D eigenvalue weighted by Gasteiger charge is -2.13. The summed E-state index contributed by atoms with van der Waals surface area (Å²) in [6.45, 7) is 1.00. The van der Waals surface area contributed by atoms with Crippen LogP contribution in [0.25, 0.3) is 10.9 Å². The number of benzene rings is 1. The lowest BCUT2D eigenvalue weighted by atomic mass is 10.0. The van der Waals surface area contributed by atoms with E-state index in [1.165, 1.54) is 18.2 Å². The molecule has 2 aromatic rings. The standard InChI is InChI=1S/C13H15N3/c1-14-9-13(6-7-13)12-8-10-4-2-3-5-11(10)15-16-12/h2-5,8,14H,6-7,9H2,1H3.